The normalized spacial score (nSPS) is 32.2. The Hall–Kier alpha value is -1.39. The van der Waals surface area contributed by atoms with Crippen LogP contribution in [0, 0.1) is 0 Å². The van der Waals surface area contributed by atoms with E-state index in [-0.39, 0.29) is 24.2 Å². The molecule has 2 heterocycles. The highest BCUT2D eigenvalue weighted by molar-refractivity contribution is 5.96. The number of nitrogens with zero attached hydrogens (tertiary/aromatic N) is 1. The summed E-state index contributed by atoms with van der Waals surface area (Å²) in [5.74, 6) is 0.0485. The molecule has 0 aliphatic carbocycles. The summed E-state index contributed by atoms with van der Waals surface area (Å²) < 4.78 is 5.80. The molecule has 4 nitrogen and oxygen atoms in total. The van der Waals surface area contributed by atoms with Crippen LogP contribution in [-0.2, 0) is 9.53 Å². The molecule has 2 atom stereocenters. The number of rotatable bonds is 1. The summed E-state index contributed by atoms with van der Waals surface area (Å²) in [6, 6.07) is 9.94. The highest BCUT2D eigenvalue weighted by Gasteiger charge is 2.47. The average Bonchev–Trinajstić information content (AvgIpc) is 2.40. The largest absolute Gasteiger partial charge is 0.363 e. The number of nitrogens with one attached hydrogen (secondary N) is 1. The van der Waals surface area contributed by atoms with E-state index in [0.29, 0.717) is 0 Å². The zero-order valence-electron chi connectivity index (χ0n) is 10.6. The van der Waals surface area contributed by atoms with Gasteiger partial charge in [-0.15, -0.1) is 0 Å². The summed E-state index contributed by atoms with van der Waals surface area (Å²) in [5, 5.41) is 3.36. The monoisotopic (exact) mass is 246 g/mol. The first kappa shape index (κ1) is 11.7. The number of ether oxygens (including phenoxy) is 1. The second kappa shape index (κ2) is 4.37. The molecule has 2 aliphatic rings. The number of amides is 1. The number of para-hydroxylation sites is 1. The molecule has 0 bridgehead atoms. The van der Waals surface area contributed by atoms with Gasteiger partial charge in [0, 0.05) is 12.2 Å². The number of fused-ring (bicyclic) bond motifs is 1. The Balaban J connectivity index is 1.97. The number of morpholine rings is 1. The minimum Gasteiger partial charge on any atom is -0.363 e. The van der Waals surface area contributed by atoms with E-state index < -0.39 is 0 Å². The van der Waals surface area contributed by atoms with E-state index in [1.54, 1.807) is 0 Å². The second-order valence-electron chi connectivity index (χ2n) is 5.17. The maximum atomic E-state index is 12.2. The van der Waals surface area contributed by atoms with E-state index in [1.807, 2.05) is 35.2 Å². The molecule has 18 heavy (non-hydrogen) atoms. The van der Waals surface area contributed by atoms with Crippen molar-refractivity contribution in [3.05, 3.63) is 30.3 Å². The second-order valence-corrected chi connectivity index (χ2v) is 5.17. The standard InChI is InChI=1S/C14H18N2O2/c1-14-7-8-15-9-12(14)16(13(17)10-18-14)11-5-3-2-4-6-11/h2-6,12,15H,7-10H2,1H3/t12-,14-/m1/s1. The van der Waals surface area contributed by atoms with Crippen molar-refractivity contribution in [2.24, 2.45) is 0 Å². The fourth-order valence-corrected chi connectivity index (χ4v) is 2.87. The van der Waals surface area contributed by atoms with Crippen LogP contribution in [0.15, 0.2) is 30.3 Å². The van der Waals surface area contributed by atoms with E-state index in [0.717, 1.165) is 25.2 Å². The van der Waals surface area contributed by atoms with Crippen LogP contribution in [0.5, 0.6) is 0 Å². The van der Waals surface area contributed by atoms with Gasteiger partial charge in [-0.3, -0.25) is 4.79 Å². The van der Waals surface area contributed by atoms with E-state index in [2.05, 4.69) is 12.2 Å². The van der Waals surface area contributed by atoms with Gasteiger partial charge in [-0.25, -0.2) is 0 Å². The third kappa shape index (κ3) is 1.82. The zero-order chi connectivity index (χ0) is 12.6. The highest BCUT2D eigenvalue weighted by atomic mass is 16.5. The molecule has 1 amide bonds. The Morgan fingerprint density at radius 3 is 2.94 bits per heavy atom. The maximum absolute atomic E-state index is 12.2. The average molecular weight is 246 g/mol. The van der Waals surface area contributed by atoms with Crippen LogP contribution in [0.4, 0.5) is 5.69 Å². The third-order valence-corrected chi connectivity index (χ3v) is 3.98. The number of carbonyl (C=O) groups excluding carboxylic acids is 1. The number of hydrogen-bond donors (Lipinski definition) is 1. The van der Waals surface area contributed by atoms with E-state index >= 15 is 0 Å². The smallest absolute Gasteiger partial charge is 0.253 e. The first-order valence-corrected chi connectivity index (χ1v) is 6.42. The molecule has 96 valence electrons. The van der Waals surface area contributed by atoms with Gasteiger partial charge in [0.15, 0.2) is 0 Å². The van der Waals surface area contributed by atoms with Gasteiger partial charge in [-0.2, -0.15) is 0 Å². The molecule has 3 rings (SSSR count). The lowest BCUT2D eigenvalue weighted by atomic mass is 9.86. The lowest BCUT2D eigenvalue weighted by Gasteiger charge is -2.50. The Bertz CT molecular complexity index is 448. The summed E-state index contributed by atoms with van der Waals surface area (Å²) in [6.45, 7) is 4.03. The van der Waals surface area contributed by atoms with Crippen molar-refractivity contribution in [2.75, 3.05) is 24.6 Å². The van der Waals surface area contributed by atoms with Gasteiger partial charge in [-0.1, -0.05) is 18.2 Å². The molecular weight excluding hydrogens is 228 g/mol. The van der Waals surface area contributed by atoms with Crippen LogP contribution in [0.1, 0.15) is 13.3 Å². The first-order chi connectivity index (χ1) is 8.71. The number of hydrogen-bond acceptors (Lipinski definition) is 3. The minimum absolute atomic E-state index is 0.0485. The highest BCUT2D eigenvalue weighted by Crippen LogP contribution is 2.33. The maximum Gasteiger partial charge on any atom is 0.253 e. The molecule has 2 fully saturated rings. The predicted octanol–water partition coefficient (Wildman–Crippen LogP) is 1.17. The fourth-order valence-electron chi connectivity index (χ4n) is 2.87. The summed E-state index contributed by atoms with van der Waals surface area (Å²) in [4.78, 5) is 14.1. The lowest BCUT2D eigenvalue weighted by molar-refractivity contribution is -0.145. The molecule has 1 N–H and O–H groups in total. The summed E-state index contributed by atoms with van der Waals surface area (Å²) >= 11 is 0. The first-order valence-electron chi connectivity index (χ1n) is 6.42. The summed E-state index contributed by atoms with van der Waals surface area (Å²) in [7, 11) is 0. The Labute approximate surface area is 107 Å². The predicted molar refractivity (Wildman–Crippen MR) is 69.6 cm³/mol. The molecule has 0 spiro atoms. The molecular formula is C14H18N2O2. The molecule has 0 aromatic heterocycles. The van der Waals surface area contributed by atoms with Crippen LogP contribution in [0.25, 0.3) is 0 Å². The molecule has 1 aromatic carbocycles. The SMILES string of the molecule is C[C@@]12CCNC[C@H]1N(c1ccccc1)C(=O)CO2. The molecule has 0 saturated carbocycles. The minimum atomic E-state index is -0.227. The van der Waals surface area contributed by atoms with Crippen LogP contribution in [0.3, 0.4) is 0 Å². The summed E-state index contributed by atoms with van der Waals surface area (Å²) in [5.41, 5.74) is 0.736. The van der Waals surface area contributed by atoms with Gasteiger partial charge in [0.1, 0.15) is 6.61 Å². The Morgan fingerprint density at radius 2 is 2.17 bits per heavy atom. The van der Waals surface area contributed by atoms with Gasteiger partial charge in [0.05, 0.1) is 11.6 Å². The molecule has 4 heteroatoms. The topological polar surface area (TPSA) is 41.6 Å². The Morgan fingerprint density at radius 1 is 1.39 bits per heavy atom. The van der Waals surface area contributed by atoms with Crippen LogP contribution in [-0.4, -0.2) is 37.2 Å². The summed E-state index contributed by atoms with van der Waals surface area (Å²) in [6.07, 6.45) is 0.939. The van der Waals surface area contributed by atoms with E-state index in [1.165, 1.54) is 0 Å². The molecule has 0 radical (unpaired) electrons. The van der Waals surface area contributed by atoms with Gasteiger partial charge in [-0.05, 0) is 32.0 Å². The van der Waals surface area contributed by atoms with Crippen molar-refractivity contribution in [1.29, 1.82) is 0 Å². The third-order valence-electron chi connectivity index (χ3n) is 3.98. The quantitative estimate of drug-likeness (QED) is 0.808. The van der Waals surface area contributed by atoms with Crippen LogP contribution in [0.2, 0.25) is 0 Å². The van der Waals surface area contributed by atoms with Gasteiger partial charge >= 0.3 is 0 Å². The molecule has 1 aromatic rings. The number of anilines is 1. The van der Waals surface area contributed by atoms with Gasteiger partial charge < -0.3 is 15.0 Å². The number of carbonyl (C=O) groups is 1. The Kier molecular flexibility index (Phi) is 2.84. The fraction of sp³-hybridized carbons (Fsp3) is 0.500. The van der Waals surface area contributed by atoms with Crippen LogP contribution >= 0.6 is 0 Å². The molecule has 2 aliphatic heterocycles. The zero-order valence-corrected chi connectivity index (χ0v) is 10.6. The number of piperidine rings is 1. The van der Waals surface area contributed by atoms with Crippen molar-refractivity contribution in [3.63, 3.8) is 0 Å². The van der Waals surface area contributed by atoms with Gasteiger partial charge in [0.2, 0.25) is 0 Å². The van der Waals surface area contributed by atoms with E-state index in [9.17, 15) is 4.79 Å². The van der Waals surface area contributed by atoms with Crippen molar-refractivity contribution >= 4 is 11.6 Å². The molecule has 2 saturated heterocycles. The van der Waals surface area contributed by atoms with E-state index in [4.69, 9.17) is 4.74 Å². The molecule has 0 unspecified atom stereocenters. The van der Waals surface area contributed by atoms with Crippen molar-refractivity contribution < 1.29 is 9.53 Å². The van der Waals surface area contributed by atoms with Crippen LogP contribution < -0.4 is 10.2 Å². The van der Waals surface area contributed by atoms with Crippen molar-refractivity contribution in [1.82, 2.24) is 5.32 Å². The van der Waals surface area contributed by atoms with Crippen molar-refractivity contribution in [2.45, 2.75) is 25.0 Å². The number of benzene rings is 1. The van der Waals surface area contributed by atoms with Crippen molar-refractivity contribution in [3.8, 4) is 0 Å². The lowest BCUT2D eigenvalue weighted by Crippen LogP contribution is -2.67. The van der Waals surface area contributed by atoms with Gasteiger partial charge in [0.25, 0.3) is 5.91 Å².